The van der Waals surface area contributed by atoms with Gasteiger partial charge in [0.1, 0.15) is 0 Å². The van der Waals surface area contributed by atoms with E-state index in [9.17, 15) is 9.59 Å². The Bertz CT molecular complexity index is 493. The molecule has 1 saturated heterocycles. The molecular weight excluding hydrogens is 318 g/mol. The Hall–Kier alpha value is -1.63. The number of ether oxygens (including phenoxy) is 1. The molecule has 0 aliphatic carbocycles. The Morgan fingerprint density at radius 2 is 1.87 bits per heavy atom. The molecule has 0 radical (unpaired) electrons. The van der Waals surface area contributed by atoms with Crippen LogP contribution in [-0.2, 0) is 14.3 Å². The van der Waals surface area contributed by atoms with Crippen LogP contribution in [-0.4, -0.2) is 49.6 Å². The smallest absolute Gasteiger partial charge is 0.224 e. The van der Waals surface area contributed by atoms with Gasteiger partial charge in [-0.2, -0.15) is 0 Å². The van der Waals surface area contributed by atoms with E-state index in [1.54, 1.807) is 4.90 Å². The van der Waals surface area contributed by atoms with Gasteiger partial charge in [-0.1, -0.05) is 30.3 Å². The predicted molar refractivity (Wildman–Crippen MR) is 90.3 cm³/mol. The summed E-state index contributed by atoms with van der Waals surface area (Å²) in [7, 11) is 0. The average Bonchev–Trinajstić information content (AvgIpc) is 2.56. The fourth-order valence-electron chi connectivity index (χ4n) is 2.37. The molecule has 128 valence electrons. The molecule has 2 amide bonds. The van der Waals surface area contributed by atoms with Crippen LogP contribution in [0.25, 0.3) is 0 Å². The topological polar surface area (TPSA) is 84.7 Å². The van der Waals surface area contributed by atoms with Crippen LogP contribution < -0.4 is 11.1 Å². The van der Waals surface area contributed by atoms with Crippen LogP contribution in [0.15, 0.2) is 30.3 Å². The van der Waals surface area contributed by atoms with E-state index in [4.69, 9.17) is 10.5 Å². The van der Waals surface area contributed by atoms with Crippen LogP contribution in [0.5, 0.6) is 0 Å². The normalized spacial score (nSPS) is 15.4. The van der Waals surface area contributed by atoms with Gasteiger partial charge in [0.15, 0.2) is 0 Å². The summed E-state index contributed by atoms with van der Waals surface area (Å²) in [4.78, 5) is 25.5. The molecule has 0 aromatic heterocycles. The molecule has 1 aliphatic rings. The fraction of sp³-hybridized carbons (Fsp3) is 0.500. The third kappa shape index (κ3) is 6.56. The zero-order valence-electron chi connectivity index (χ0n) is 13.1. The van der Waals surface area contributed by atoms with Gasteiger partial charge in [0.2, 0.25) is 11.8 Å². The Morgan fingerprint density at radius 1 is 1.22 bits per heavy atom. The van der Waals surface area contributed by atoms with Gasteiger partial charge >= 0.3 is 0 Å². The summed E-state index contributed by atoms with van der Waals surface area (Å²) in [5, 5.41) is 2.76. The number of nitrogens with zero attached hydrogens (tertiary/aromatic N) is 1. The minimum absolute atomic E-state index is 0. The number of halogens is 1. The molecule has 1 fully saturated rings. The standard InChI is InChI=1S/C16H23N3O3.ClH/c17-14(13-4-2-1-3-5-13)12-15(20)18-7-6-16(21)19-8-10-22-11-9-19;/h1-5,14H,6-12,17H2,(H,18,20);1H. The molecule has 0 spiro atoms. The van der Waals surface area contributed by atoms with Crippen molar-refractivity contribution in [1.82, 2.24) is 10.2 Å². The highest BCUT2D eigenvalue weighted by Crippen LogP contribution is 2.12. The summed E-state index contributed by atoms with van der Waals surface area (Å²) < 4.78 is 5.20. The lowest BCUT2D eigenvalue weighted by atomic mass is 10.0. The maximum absolute atomic E-state index is 11.9. The van der Waals surface area contributed by atoms with Crippen molar-refractivity contribution < 1.29 is 14.3 Å². The first-order chi connectivity index (χ1) is 10.7. The molecule has 2 rings (SSSR count). The molecule has 6 nitrogen and oxygen atoms in total. The number of carbonyl (C=O) groups is 2. The average molecular weight is 342 g/mol. The summed E-state index contributed by atoms with van der Waals surface area (Å²) in [6.45, 7) is 2.78. The van der Waals surface area contributed by atoms with Gasteiger partial charge in [0, 0.05) is 38.5 Å². The number of hydrogen-bond donors (Lipinski definition) is 2. The van der Waals surface area contributed by atoms with Gasteiger partial charge in [-0.15, -0.1) is 12.4 Å². The number of nitrogens with two attached hydrogens (primary N) is 1. The molecule has 1 atom stereocenters. The number of benzene rings is 1. The Labute approximate surface area is 142 Å². The third-order valence-corrected chi connectivity index (χ3v) is 3.66. The largest absolute Gasteiger partial charge is 0.378 e. The van der Waals surface area contributed by atoms with E-state index < -0.39 is 0 Å². The summed E-state index contributed by atoms with van der Waals surface area (Å²) in [6, 6.07) is 9.19. The first kappa shape index (κ1) is 19.4. The zero-order valence-corrected chi connectivity index (χ0v) is 13.9. The molecule has 1 heterocycles. The van der Waals surface area contributed by atoms with Crippen molar-refractivity contribution in [2.24, 2.45) is 5.73 Å². The van der Waals surface area contributed by atoms with Crippen LogP contribution in [0.4, 0.5) is 0 Å². The van der Waals surface area contributed by atoms with E-state index >= 15 is 0 Å². The summed E-state index contributed by atoms with van der Waals surface area (Å²) in [6.07, 6.45) is 0.530. The second kappa shape index (κ2) is 10.2. The van der Waals surface area contributed by atoms with Crippen molar-refractivity contribution in [3.63, 3.8) is 0 Å². The van der Waals surface area contributed by atoms with Gasteiger partial charge in [-0.3, -0.25) is 9.59 Å². The fourth-order valence-corrected chi connectivity index (χ4v) is 2.37. The van der Waals surface area contributed by atoms with Gasteiger partial charge in [0.05, 0.1) is 13.2 Å². The Morgan fingerprint density at radius 3 is 2.52 bits per heavy atom. The number of amides is 2. The van der Waals surface area contributed by atoms with Gasteiger partial charge < -0.3 is 20.7 Å². The van der Waals surface area contributed by atoms with E-state index in [-0.39, 0.29) is 36.7 Å². The second-order valence-electron chi connectivity index (χ2n) is 5.31. The zero-order chi connectivity index (χ0) is 15.8. The molecule has 23 heavy (non-hydrogen) atoms. The number of morpholine rings is 1. The predicted octanol–water partition coefficient (Wildman–Crippen LogP) is 0.863. The minimum Gasteiger partial charge on any atom is -0.378 e. The van der Waals surface area contributed by atoms with Gasteiger partial charge in [-0.05, 0) is 5.56 Å². The van der Waals surface area contributed by atoms with Crippen molar-refractivity contribution in [1.29, 1.82) is 0 Å². The van der Waals surface area contributed by atoms with E-state index in [1.807, 2.05) is 30.3 Å². The van der Waals surface area contributed by atoms with Crippen LogP contribution in [0.2, 0.25) is 0 Å². The van der Waals surface area contributed by atoms with Crippen molar-refractivity contribution in [2.75, 3.05) is 32.8 Å². The lowest BCUT2D eigenvalue weighted by Gasteiger charge is -2.26. The van der Waals surface area contributed by atoms with Crippen molar-refractivity contribution in [2.45, 2.75) is 18.9 Å². The number of hydrogen-bond acceptors (Lipinski definition) is 4. The molecule has 1 aliphatic heterocycles. The van der Waals surface area contributed by atoms with Crippen LogP contribution >= 0.6 is 12.4 Å². The first-order valence-electron chi connectivity index (χ1n) is 7.59. The second-order valence-corrected chi connectivity index (χ2v) is 5.31. The van der Waals surface area contributed by atoms with Crippen molar-refractivity contribution >= 4 is 24.2 Å². The molecular formula is C16H24ClN3O3. The van der Waals surface area contributed by atoms with Crippen LogP contribution in [0.3, 0.4) is 0 Å². The van der Waals surface area contributed by atoms with E-state index in [0.717, 1.165) is 5.56 Å². The molecule has 1 unspecified atom stereocenters. The van der Waals surface area contributed by atoms with E-state index in [1.165, 1.54) is 0 Å². The molecule has 0 saturated carbocycles. The Kier molecular flexibility index (Phi) is 8.61. The van der Waals surface area contributed by atoms with E-state index in [2.05, 4.69) is 5.32 Å². The highest BCUT2D eigenvalue weighted by atomic mass is 35.5. The van der Waals surface area contributed by atoms with Crippen molar-refractivity contribution in [3.8, 4) is 0 Å². The lowest BCUT2D eigenvalue weighted by Crippen LogP contribution is -2.42. The third-order valence-electron chi connectivity index (χ3n) is 3.66. The maximum atomic E-state index is 11.9. The van der Waals surface area contributed by atoms with Gasteiger partial charge in [0.25, 0.3) is 0 Å². The summed E-state index contributed by atoms with van der Waals surface area (Å²) in [5.74, 6) is -0.0814. The number of carbonyl (C=O) groups excluding carboxylic acids is 2. The number of rotatable bonds is 6. The quantitative estimate of drug-likeness (QED) is 0.804. The maximum Gasteiger partial charge on any atom is 0.224 e. The minimum atomic E-state index is -0.323. The summed E-state index contributed by atoms with van der Waals surface area (Å²) >= 11 is 0. The highest BCUT2D eigenvalue weighted by Gasteiger charge is 2.17. The Balaban J connectivity index is 0.00000264. The van der Waals surface area contributed by atoms with E-state index in [0.29, 0.717) is 39.3 Å². The highest BCUT2D eigenvalue weighted by molar-refractivity contribution is 5.85. The number of nitrogens with one attached hydrogen (secondary N) is 1. The van der Waals surface area contributed by atoms with Crippen molar-refractivity contribution in [3.05, 3.63) is 35.9 Å². The van der Waals surface area contributed by atoms with Crippen LogP contribution in [0, 0.1) is 0 Å². The SMILES string of the molecule is Cl.NC(CC(=O)NCCC(=O)N1CCOCC1)c1ccccc1. The molecule has 0 bridgehead atoms. The molecule has 1 aromatic rings. The monoisotopic (exact) mass is 341 g/mol. The lowest BCUT2D eigenvalue weighted by molar-refractivity contribution is -0.135. The first-order valence-corrected chi connectivity index (χ1v) is 7.59. The molecule has 3 N–H and O–H groups in total. The van der Waals surface area contributed by atoms with Gasteiger partial charge in [-0.25, -0.2) is 0 Å². The summed E-state index contributed by atoms with van der Waals surface area (Å²) in [5.41, 5.74) is 6.93. The molecule has 1 aromatic carbocycles. The molecule has 7 heteroatoms. The van der Waals surface area contributed by atoms with Crippen LogP contribution in [0.1, 0.15) is 24.4 Å².